The Morgan fingerprint density at radius 1 is 1.12 bits per heavy atom. The number of nitrogens with zero attached hydrogens (tertiary/aromatic N) is 1. The molecule has 2 aromatic carbocycles. The number of carbonyl (C=O) groups excluding carboxylic acids is 1. The summed E-state index contributed by atoms with van der Waals surface area (Å²) in [6.07, 6.45) is 1.36. The third-order valence-corrected chi connectivity index (χ3v) is 3.49. The first-order valence-corrected chi connectivity index (χ1v) is 7.52. The maximum Gasteiger partial charge on any atom is 0.295 e. The molecular formula is C18H15FN4O2. The topological polar surface area (TPSA) is 91.0 Å². The van der Waals surface area contributed by atoms with E-state index in [4.69, 9.17) is 9.93 Å². The first kappa shape index (κ1) is 16.4. The standard InChI is InChI=1S/C18H15FN4O2/c19-13-7-5-12(6-8-13)11-21-15-4-2-1-3-14(15)17(20)23-18(24)16-9-10-22-25-16/h1-10,21H,11H2,(H2,20,23,24). The van der Waals surface area contributed by atoms with Crippen LogP contribution < -0.4 is 10.6 Å². The van der Waals surface area contributed by atoms with Crippen LogP contribution in [0.1, 0.15) is 21.7 Å². The minimum atomic E-state index is -0.546. The average Bonchev–Trinajstić information content (AvgIpc) is 3.16. The maximum absolute atomic E-state index is 13.0. The summed E-state index contributed by atoms with van der Waals surface area (Å²) >= 11 is 0. The van der Waals surface area contributed by atoms with Crippen LogP contribution in [0, 0.1) is 11.2 Å². The number of amides is 1. The van der Waals surface area contributed by atoms with Gasteiger partial charge in [0.15, 0.2) is 0 Å². The summed E-state index contributed by atoms with van der Waals surface area (Å²) in [6, 6.07) is 14.7. The SMILES string of the molecule is N=C(NC(=O)c1ccno1)c1ccccc1NCc1ccc(F)cc1. The number of halogens is 1. The molecule has 0 unspecified atom stereocenters. The van der Waals surface area contributed by atoms with Crippen LogP contribution in [0.15, 0.2) is 65.3 Å². The highest BCUT2D eigenvalue weighted by atomic mass is 19.1. The number of rotatable bonds is 5. The Kier molecular flexibility index (Phi) is 4.84. The van der Waals surface area contributed by atoms with Gasteiger partial charge in [0.25, 0.3) is 5.91 Å². The fraction of sp³-hybridized carbons (Fsp3) is 0.0556. The van der Waals surface area contributed by atoms with Crippen molar-refractivity contribution in [3.63, 3.8) is 0 Å². The second kappa shape index (κ2) is 7.39. The van der Waals surface area contributed by atoms with Crippen molar-refractivity contribution < 1.29 is 13.7 Å². The monoisotopic (exact) mass is 338 g/mol. The summed E-state index contributed by atoms with van der Waals surface area (Å²) in [4.78, 5) is 12.0. The van der Waals surface area contributed by atoms with Gasteiger partial charge in [-0.15, -0.1) is 0 Å². The highest BCUT2D eigenvalue weighted by Crippen LogP contribution is 2.16. The molecule has 0 saturated heterocycles. The van der Waals surface area contributed by atoms with Gasteiger partial charge in [-0.05, 0) is 29.8 Å². The van der Waals surface area contributed by atoms with Gasteiger partial charge in [0.1, 0.15) is 11.7 Å². The van der Waals surface area contributed by atoms with Crippen LogP contribution in [0.4, 0.5) is 10.1 Å². The Morgan fingerprint density at radius 3 is 2.60 bits per heavy atom. The molecule has 0 atom stereocenters. The molecule has 0 aliphatic carbocycles. The first-order valence-electron chi connectivity index (χ1n) is 7.52. The van der Waals surface area contributed by atoms with Crippen molar-refractivity contribution in [2.75, 3.05) is 5.32 Å². The number of anilines is 1. The number of nitrogens with one attached hydrogen (secondary N) is 3. The molecule has 3 rings (SSSR count). The molecule has 0 fully saturated rings. The van der Waals surface area contributed by atoms with E-state index in [1.807, 2.05) is 6.07 Å². The molecule has 25 heavy (non-hydrogen) atoms. The van der Waals surface area contributed by atoms with Gasteiger partial charge in [0, 0.05) is 23.9 Å². The smallest absolute Gasteiger partial charge is 0.295 e. The number of carbonyl (C=O) groups is 1. The van der Waals surface area contributed by atoms with Crippen LogP contribution in [0.5, 0.6) is 0 Å². The number of hydrogen-bond acceptors (Lipinski definition) is 5. The third-order valence-electron chi connectivity index (χ3n) is 3.49. The van der Waals surface area contributed by atoms with Crippen molar-refractivity contribution >= 4 is 17.4 Å². The molecule has 6 nitrogen and oxygen atoms in total. The molecule has 3 aromatic rings. The molecule has 0 bridgehead atoms. The second-order valence-electron chi connectivity index (χ2n) is 5.23. The Labute approximate surface area is 143 Å². The fourth-order valence-corrected chi connectivity index (χ4v) is 2.23. The highest BCUT2D eigenvalue weighted by Gasteiger charge is 2.14. The maximum atomic E-state index is 13.0. The summed E-state index contributed by atoms with van der Waals surface area (Å²) in [7, 11) is 0. The molecule has 0 aliphatic rings. The van der Waals surface area contributed by atoms with Crippen molar-refractivity contribution in [3.05, 3.63) is 83.5 Å². The molecule has 7 heteroatoms. The van der Waals surface area contributed by atoms with E-state index in [1.165, 1.54) is 24.4 Å². The quantitative estimate of drug-likeness (QED) is 0.492. The molecule has 1 aromatic heterocycles. The van der Waals surface area contributed by atoms with Gasteiger partial charge in [0.05, 0.1) is 6.20 Å². The number of para-hydroxylation sites is 1. The predicted octanol–water partition coefficient (Wildman–Crippen LogP) is 3.18. The van der Waals surface area contributed by atoms with Crippen LogP contribution >= 0.6 is 0 Å². The van der Waals surface area contributed by atoms with Gasteiger partial charge in [-0.2, -0.15) is 0 Å². The van der Waals surface area contributed by atoms with Gasteiger partial charge in [-0.25, -0.2) is 4.39 Å². The summed E-state index contributed by atoms with van der Waals surface area (Å²) in [5, 5.41) is 17.2. The number of hydrogen-bond donors (Lipinski definition) is 3. The third kappa shape index (κ3) is 4.08. The minimum absolute atomic E-state index is 0.0292. The van der Waals surface area contributed by atoms with Crippen LogP contribution in [0.2, 0.25) is 0 Å². The lowest BCUT2D eigenvalue weighted by molar-refractivity contribution is 0.0941. The lowest BCUT2D eigenvalue weighted by Crippen LogP contribution is -2.30. The van der Waals surface area contributed by atoms with E-state index in [0.717, 1.165) is 5.56 Å². The molecular weight excluding hydrogens is 323 g/mol. The molecule has 0 spiro atoms. The lowest BCUT2D eigenvalue weighted by Gasteiger charge is -2.13. The van der Waals surface area contributed by atoms with Crippen LogP contribution in [0.3, 0.4) is 0 Å². The van der Waals surface area contributed by atoms with E-state index in [1.54, 1.807) is 30.3 Å². The van der Waals surface area contributed by atoms with Gasteiger partial charge >= 0.3 is 0 Å². The zero-order valence-corrected chi connectivity index (χ0v) is 13.1. The lowest BCUT2D eigenvalue weighted by atomic mass is 10.1. The van der Waals surface area contributed by atoms with E-state index in [-0.39, 0.29) is 17.4 Å². The van der Waals surface area contributed by atoms with Crippen LogP contribution in [-0.4, -0.2) is 16.9 Å². The number of amidine groups is 1. The Balaban J connectivity index is 1.70. The fourth-order valence-electron chi connectivity index (χ4n) is 2.23. The summed E-state index contributed by atoms with van der Waals surface area (Å²) in [6.45, 7) is 0.459. The van der Waals surface area contributed by atoms with E-state index in [0.29, 0.717) is 17.8 Å². The van der Waals surface area contributed by atoms with Gasteiger partial charge in [-0.1, -0.05) is 29.4 Å². The van der Waals surface area contributed by atoms with Crippen LogP contribution in [0.25, 0.3) is 0 Å². The second-order valence-corrected chi connectivity index (χ2v) is 5.23. The normalized spacial score (nSPS) is 10.3. The van der Waals surface area contributed by atoms with E-state index in [2.05, 4.69) is 15.8 Å². The summed E-state index contributed by atoms with van der Waals surface area (Å²) in [5.41, 5.74) is 2.10. The summed E-state index contributed by atoms with van der Waals surface area (Å²) < 4.78 is 17.7. The van der Waals surface area contributed by atoms with Crippen molar-refractivity contribution in [2.45, 2.75) is 6.54 Å². The Morgan fingerprint density at radius 2 is 1.88 bits per heavy atom. The van der Waals surface area contributed by atoms with E-state index in [9.17, 15) is 9.18 Å². The van der Waals surface area contributed by atoms with E-state index >= 15 is 0 Å². The highest BCUT2D eigenvalue weighted by molar-refractivity contribution is 6.12. The summed E-state index contributed by atoms with van der Waals surface area (Å²) in [5.74, 6) is -0.873. The van der Waals surface area contributed by atoms with Crippen molar-refractivity contribution in [2.24, 2.45) is 0 Å². The van der Waals surface area contributed by atoms with Crippen LogP contribution in [-0.2, 0) is 6.54 Å². The molecule has 1 heterocycles. The molecule has 1 amide bonds. The van der Waals surface area contributed by atoms with Crippen molar-refractivity contribution in [1.29, 1.82) is 5.41 Å². The predicted molar refractivity (Wildman–Crippen MR) is 91.0 cm³/mol. The van der Waals surface area contributed by atoms with Crippen molar-refractivity contribution in [3.8, 4) is 0 Å². The zero-order valence-electron chi connectivity index (χ0n) is 13.1. The largest absolute Gasteiger partial charge is 0.380 e. The first-order chi connectivity index (χ1) is 12.1. The van der Waals surface area contributed by atoms with Gasteiger partial charge in [-0.3, -0.25) is 10.2 Å². The molecule has 0 saturated carbocycles. The molecule has 3 N–H and O–H groups in total. The Hall–Kier alpha value is -3.48. The molecule has 126 valence electrons. The van der Waals surface area contributed by atoms with E-state index < -0.39 is 5.91 Å². The minimum Gasteiger partial charge on any atom is -0.380 e. The van der Waals surface area contributed by atoms with Gasteiger partial charge in [0.2, 0.25) is 5.76 Å². The Bertz CT molecular complexity index is 876. The van der Waals surface area contributed by atoms with Gasteiger partial charge < -0.3 is 15.2 Å². The molecule has 0 radical (unpaired) electrons. The zero-order chi connectivity index (χ0) is 17.6. The number of aromatic nitrogens is 1. The average molecular weight is 338 g/mol. The molecule has 0 aliphatic heterocycles. The number of benzene rings is 2. The van der Waals surface area contributed by atoms with Crippen molar-refractivity contribution in [1.82, 2.24) is 10.5 Å².